The summed E-state index contributed by atoms with van der Waals surface area (Å²) < 4.78 is 27.1. The number of urea groups is 1. The quantitative estimate of drug-likeness (QED) is 0.473. The molecule has 170 valence electrons. The molecule has 33 heavy (non-hydrogen) atoms. The van der Waals surface area contributed by atoms with Crippen LogP contribution in [0.25, 0.3) is 0 Å². The molecule has 2 aromatic rings. The highest BCUT2D eigenvalue weighted by molar-refractivity contribution is 7.90. The Morgan fingerprint density at radius 3 is 2.64 bits per heavy atom. The predicted molar refractivity (Wildman–Crippen MR) is 126 cm³/mol. The van der Waals surface area contributed by atoms with Crippen molar-refractivity contribution >= 4 is 27.7 Å². The van der Waals surface area contributed by atoms with E-state index in [0.29, 0.717) is 17.6 Å². The van der Waals surface area contributed by atoms with Crippen molar-refractivity contribution in [1.29, 1.82) is 0 Å². The molecule has 0 bridgehead atoms. The van der Waals surface area contributed by atoms with E-state index in [1.165, 1.54) is 29.8 Å². The fourth-order valence-electron chi connectivity index (χ4n) is 3.21. The molecule has 0 unspecified atom stereocenters. The summed E-state index contributed by atoms with van der Waals surface area (Å²) >= 11 is 0. The minimum Gasteiger partial charge on any atom is -0.481 e. The fraction of sp³-hybridized carbons (Fsp3) is 0.200. The Morgan fingerprint density at radius 2 is 1.94 bits per heavy atom. The first kappa shape index (κ1) is 23.8. The number of anilines is 1. The topological polar surface area (TPSA) is 104 Å². The van der Waals surface area contributed by atoms with Gasteiger partial charge in [-0.1, -0.05) is 60.4 Å². The number of benzene rings is 2. The van der Waals surface area contributed by atoms with Crippen molar-refractivity contribution in [2.45, 2.75) is 31.1 Å². The van der Waals surface area contributed by atoms with Gasteiger partial charge < -0.3 is 10.4 Å². The van der Waals surface area contributed by atoms with Crippen molar-refractivity contribution < 1.29 is 23.1 Å². The third-order valence-corrected chi connectivity index (χ3v) is 6.72. The number of aliphatic carboxylic acids is 1. The van der Waals surface area contributed by atoms with Crippen LogP contribution in [0.3, 0.4) is 0 Å². The summed E-state index contributed by atoms with van der Waals surface area (Å²) in [7, 11) is -4.11. The van der Waals surface area contributed by atoms with Crippen LogP contribution in [0.2, 0.25) is 0 Å². The number of nitrogens with zero attached hydrogens (tertiary/aromatic N) is 1. The highest BCUT2D eigenvalue weighted by Gasteiger charge is 2.36. The molecule has 3 rings (SSSR count). The lowest BCUT2D eigenvalue weighted by atomic mass is 10.1. The lowest BCUT2D eigenvalue weighted by Gasteiger charge is -2.29. The maximum Gasteiger partial charge on any atom is 0.336 e. The highest BCUT2D eigenvalue weighted by atomic mass is 32.2. The zero-order valence-electron chi connectivity index (χ0n) is 18.1. The molecule has 2 amide bonds. The normalized spacial score (nSPS) is 14.9. The second kappa shape index (κ2) is 10.7. The molecular formula is C25H24N2O5S. The van der Waals surface area contributed by atoms with Gasteiger partial charge in [0.1, 0.15) is 4.90 Å². The number of sulfonamides is 1. The minimum absolute atomic E-state index is 0.0260. The van der Waals surface area contributed by atoms with E-state index in [1.807, 2.05) is 30.3 Å². The zero-order chi connectivity index (χ0) is 23.8. The standard InChI is InChI=1S/C25H24N2O5S/c1-2-19(13-8-14-24(28)29)18-27-25(30)26-22-16-15-21(17-23(22)33(27,31)32)12-7-6-11-20-9-4-3-5-10-20/h2-5,8-10,13,15-17H,6,11,14,18H2,1H3,(H,26,30)(H,28,29)/b13-8-,19-2+. The van der Waals surface area contributed by atoms with E-state index < -0.39 is 22.0 Å². The molecule has 1 heterocycles. The molecule has 0 aromatic heterocycles. The molecule has 2 aromatic carbocycles. The maximum absolute atomic E-state index is 13.2. The van der Waals surface area contributed by atoms with Gasteiger partial charge in [0, 0.05) is 12.0 Å². The SMILES string of the molecule is C/C=C(\C=C/CC(=O)O)CN1C(=O)Nc2ccc(C#CCCc3ccccc3)cc2S1(=O)=O. The van der Waals surface area contributed by atoms with E-state index in [1.54, 1.807) is 19.1 Å². The van der Waals surface area contributed by atoms with Gasteiger partial charge in [-0.15, -0.1) is 0 Å². The monoisotopic (exact) mass is 464 g/mol. The Morgan fingerprint density at radius 1 is 1.18 bits per heavy atom. The number of fused-ring (bicyclic) bond motifs is 1. The van der Waals surface area contributed by atoms with Gasteiger partial charge in [0.25, 0.3) is 10.0 Å². The van der Waals surface area contributed by atoms with Gasteiger partial charge in [-0.2, -0.15) is 0 Å². The molecule has 0 aliphatic carbocycles. The van der Waals surface area contributed by atoms with Crippen LogP contribution in [-0.4, -0.2) is 36.4 Å². The number of nitrogens with one attached hydrogen (secondary N) is 1. The number of rotatable bonds is 7. The van der Waals surface area contributed by atoms with Crippen molar-refractivity contribution in [3.05, 3.63) is 83.5 Å². The number of allylic oxidation sites excluding steroid dienone is 1. The Labute approximate surface area is 193 Å². The summed E-state index contributed by atoms with van der Waals surface area (Å²) in [6.45, 7) is 1.47. The molecule has 0 spiro atoms. The largest absolute Gasteiger partial charge is 0.481 e. The van der Waals surface area contributed by atoms with Crippen LogP contribution in [0.1, 0.15) is 30.9 Å². The van der Waals surface area contributed by atoms with Crippen molar-refractivity contribution in [2.75, 3.05) is 11.9 Å². The lowest BCUT2D eigenvalue weighted by Crippen LogP contribution is -2.44. The van der Waals surface area contributed by atoms with Gasteiger partial charge in [0.2, 0.25) is 0 Å². The third-order valence-electron chi connectivity index (χ3n) is 4.95. The number of carbonyl (C=O) groups is 2. The number of aryl methyl sites for hydroxylation is 1. The summed E-state index contributed by atoms with van der Waals surface area (Å²) in [5.41, 5.74) is 2.41. The molecule has 8 heteroatoms. The summed E-state index contributed by atoms with van der Waals surface area (Å²) in [6, 6.07) is 13.9. The van der Waals surface area contributed by atoms with Crippen molar-refractivity contribution in [3.8, 4) is 11.8 Å². The third kappa shape index (κ3) is 6.11. The van der Waals surface area contributed by atoms with Crippen molar-refractivity contribution in [2.24, 2.45) is 0 Å². The van der Waals surface area contributed by atoms with Gasteiger partial charge >= 0.3 is 12.0 Å². The molecule has 0 fully saturated rings. The zero-order valence-corrected chi connectivity index (χ0v) is 18.9. The van der Waals surface area contributed by atoms with E-state index in [-0.39, 0.29) is 23.5 Å². The van der Waals surface area contributed by atoms with Crippen LogP contribution in [0, 0.1) is 11.8 Å². The van der Waals surface area contributed by atoms with Gasteiger partial charge in [0.15, 0.2) is 0 Å². The van der Waals surface area contributed by atoms with Crippen LogP contribution in [0.4, 0.5) is 10.5 Å². The number of amides is 2. The second-order valence-corrected chi connectivity index (χ2v) is 9.13. The average molecular weight is 465 g/mol. The first-order valence-electron chi connectivity index (χ1n) is 10.4. The first-order chi connectivity index (χ1) is 15.8. The molecular weight excluding hydrogens is 440 g/mol. The molecule has 2 N–H and O–H groups in total. The number of carboxylic acid groups (broad SMARTS) is 1. The Kier molecular flexibility index (Phi) is 7.70. The smallest absolute Gasteiger partial charge is 0.336 e. The number of hydrogen-bond acceptors (Lipinski definition) is 4. The number of carboxylic acids is 1. The molecule has 7 nitrogen and oxygen atoms in total. The fourth-order valence-corrected chi connectivity index (χ4v) is 4.71. The van der Waals surface area contributed by atoms with E-state index in [4.69, 9.17) is 5.11 Å². The van der Waals surface area contributed by atoms with E-state index >= 15 is 0 Å². The van der Waals surface area contributed by atoms with E-state index in [2.05, 4.69) is 17.2 Å². The van der Waals surface area contributed by atoms with Gasteiger partial charge in [0.05, 0.1) is 18.7 Å². The molecule has 0 saturated heterocycles. The van der Waals surface area contributed by atoms with Gasteiger partial charge in [-0.25, -0.2) is 17.5 Å². The van der Waals surface area contributed by atoms with Crippen LogP contribution in [0.15, 0.2) is 77.2 Å². The van der Waals surface area contributed by atoms with Crippen LogP contribution < -0.4 is 5.32 Å². The first-order valence-corrected chi connectivity index (χ1v) is 11.8. The van der Waals surface area contributed by atoms with Crippen molar-refractivity contribution in [3.63, 3.8) is 0 Å². The molecule has 1 aliphatic heterocycles. The Hall–Kier alpha value is -3.83. The molecule has 1 aliphatic rings. The lowest BCUT2D eigenvalue weighted by molar-refractivity contribution is -0.136. The average Bonchev–Trinajstić information content (AvgIpc) is 2.79. The predicted octanol–water partition coefficient (Wildman–Crippen LogP) is 4.18. The number of hydrogen-bond donors (Lipinski definition) is 2. The van der Waals surface area contributed by atoms with Crippen LogP contribution in [-0.2, 0) is 21.2 Å². The molecule has 0 radical (unpaired) electrons. The van der Waals surface area contributed by atoms with Crippen molar-refractivity contribution in [1.82, 2.24) is 4.31 Å². The Bertz CT molecular complexity index is 1270. The van der Waals surface area contributed by atoms with E-state index in [0.717, 1.165) is 10.7 Å². The second-order valence-electron chi connectivity index (χ2n) is 7.30. The van der Waals surface area contributed by atoms with Gasteiger partial charge in [-0.05, 0) is 42.7 Å². The van der Waals surface area contributed by atoms with Crippen LogP contribution >= 0.6 is 0 Å². The van der Waals surface area contributed by atoms with Crippen LogP contribution in [0.5, 0.6) is 0 Å². The molecule has 0 atom stereocenters. The number of carbonyl (C=O) groups excluding carboxylic acids is 1. The summed E-state index contributed by atoms with van der Waals surface area (Å²) in [5.74, 6) is 5.06. The summed E-state index contributed by atoms with van der Waals surface area (Å²) in [5, 5.41) is 11.4. The Balaban J connectivity index is 1.78. The van der Waals surface area contributed by atoms with E-state index in [9.17, 15) is 18.0 Å². The summed E-state index contributed by atoms with van der Waals surface area (Å²) in [4.78, 5) is 23.2. The van der Waals surface area contributed by atoms with Gasteiger partial charge in [-0.3, -0.25) is 4.79 Å². The maximum atomic E-state index is 13.2. The minimum atomic E-state index is -4.11. The molecule has 0 saturated carbocycles. The highest BCUT2D eigenvalue weighted by Crippen LogP contribution is 2.31. The summed E-state index contributed by atoms with van der Waals surface area (Å²) in [6.07, 6.45) is 5.76.